The maximum atomic E-state index is 13.1. The number of carbonyl (C=O) groups excluding carboxylic acids is 3. The minimum Gasteiger partial charge on any atom is -0.406 e. The number of rotatable bonds is 8. The molecule has 0 bridgehead atoms. The summed E-state index contributed by atoms with van der Waals surface area (Å²) < 4.78 is 48.1. The van der Waals surface area contributed by atoms with Crippen LogP contribution in [0.25, 0.3) is 17.1 Å². The van der Waals surface area contributed by atoms with E-state index in [0.29, 0.717) is 16.9 Å². The van der Waals surface area contributed by atoms with E-state index in [1.807, 2.05) is 32.0 Å². The number of hydrogen-bond acceptors (Lipinski definition) is 8. The summed E-state index contributed by atoms with van der Waals surface area (Å²) in [5, 5.41) is 7.19. The number of urea groups is 1. The maximum Gasteiger partial charge on any atom is 0.573 e. The van der Waals surface area contributed by atoms with Crippen molar-refractivity contribution in [1.29, 1.82) is 0 Å². The van der Waals surface area contributed by atoms with Crippen molar-refractivity contribution in [2.75, 3.05) is 23.1 Å². The Labute approximate surface area is 265 Å². The lowest BCUT2D eigenvalue weighted by molar-refractivity contribution is -0.274. The number of anilines is 2. The van der Waals surface area contributed by atoms with Gasteiger partial charge in [-0.1, -0.05) is 23.9 Å². The summed E-state index contributed by atoms with van der Waals surface area (Å²) >= 11 is 1.12. The van der Waals surface area contributed by atoms with E-state index in [-0.39, 0.29) is 51.5 Å². The number of aliphatic imine (C=N–C) groups is 1. The highest BCUT2D eigenvalue weighted by Crippen LogP contribution is 2.35. The van der Waals surface area contributed by atoms with Crippen LogP contribution in [-0.4, -0.2) is 56.9 Å². The Balaban J connectivity index is 1.37. The number of hydrogen-bond donors (Lipinski definition) is 1. The van der Waals surface area contributed by atoms with Gasteiger partial charge >= 0.3 is 12.4 Å². The zero-order chi connectivity index (χ0) is 33.2. The van der Waals surface area contributed by atoms with Crippen LogP contribution < -0.4 is 15.0 Å². The van der Waals surface area contributed by atoms with Crippen molar-refractivity contribution in [3.05, 3.63) is 83.7 Å². The average molecular weight is 653 g/mol. The second-order valence-corrected chi connectivity index (χ2v) is 11.1. The van der Waals surface area contributed by atoms with Gasteiger partial charge in [0.2, 0.25) is 5.91 Å². The van der Waals surface area contributed by atoms with Crippen molar-refractivity contribution < 1.29 is 37.0 Å². The number of amides is 3. The summed E-state index contributed by atoms with van der Waals surface area (Å²) in [5.74, 6) is -0.643. The molecule has 1 unspecified atom stereocenters. The monoisotopic (exact) mass is 652 g/mol. The fraction of sp³-hybridized carbons (Fsp3) is 0.226. The number of nitrogens with zero attached hydrogens (tertiary/aromatic N) is 5. The third kappa shape index (κ3) is 7.26. The van der Waals surface area contributed by atoms with E-state index < -0.39 is 12.4 Å². The van der Waals surface area contributed by atoms with Gasteiger partial charge in [-0.15, -0.1) is 18.3 Å². The molecule has 238 valence electrons. The van der Waals surface area contributed by atoms with Crippen LogP contribution >= 0.6 is 11.8 Å². The highest BCUT2D eigenvalue weighted by atomic mass is 32.2. The maximum absolute atomic E-state index is 13.1. The molecule has 1 atom stereocenters. The molecule has 0 saturated carbocycles. The molecule has 4 aromatic rings. The normalized spacial score (nSPS) is 14.9. The molecule has 1 aromatic heterocycles. The zero-order valence-corrected chi connectivity index (χ0v) is 25.8. The second kappa shape index (κ2) is 13.1. The number of alkyl halides is 3. The first-order valence-electron chi connectivity index (χ1n) is 13.7. The summed E-state index contributed by atoms with van der Waals surface area (Å²) in [5.41, 5.74) is 3.47. The third-order valence-corrected chi connectivity index (χ3v) is 7.83. The Morgan fingerprint density at radius 2 is 1.83 bits per heavy atom. The van der Waals surface area contributed by atoms with Gasteiger partial charge in [0.05, 0.1) is 28.9 Å². The van der Waals surface area contributed by atoms with Crippen LogP contribution in [0.15, 0.2) is 72.0 Å². The topological polar surface area (TPSA) is 128 Å². The number of methoxy groups -OCH3 is 1. The Bertz CT molecular complexity index is 1840. The van der Waals surface area contributed by atoms with Gasteiger partial charge in [0.25, 0.3) is 0 Å². The van der Waals surface area contributed by atoms with Crippen LogP contribution in [0.2, 0.25) is 0 Å². The average Bonchev–Trinajstić information content (AvgIpc) is 3.63. The number of halogens is 3. The summed E-state index contributed by atoms with van der Waals surface area (Å²) in [6.45, 7) is 5.08. The molecule has 15 heteroatoms. The van der Waals surface area contributed by atoms with Crippen LogP contribution in [0.1, 0.15) is 41.4 Å². The molecule has 46 heavy (non-hydrogen) atoms. The third-order valence-electron chi connectivity index (χ3n) is 6.91. The van der Waals surface area contributed by atoms with E-state index >= 15 is 0 Å². The van der Waals surface area contributed by atoms with E-state index in [1.54, 1.807) is 13.2 Å². The first kappa shape index (κ1) is 32.4. The van der Waals surface area contributed by atoms with Crippen molar-refractivity contribution in [2.24, 2.45) is 4.99 Å². The Kier molecular flexibility index (Phi) is 9.25. The van der Waals surface area contributed by atoms with E-state index in [2.05, 4.69) is 25.1 Å². The molecule has 0 spiro atoms. The molecule has 1 aliphatic heterocycles. The van der Waals surface area contributed by atoms with Gasteiger partial charge in [0.1, 0.15) is 12.1 Å². The van der Waals surface area contributed by atoms with Crippen molar-refractivity contribution in [3.8, 4) is 22.8 Å². The number of thioether (sulfide) groups is 1. The molecule has 1 aliphatic rings. The molecule has 5 rings (SSSR count). The van der Waals surface area contributed by atoms with Crippen LogP contribution in [0.5, 0.6) is 5.75 Å². The summed E-state index contributed by atoms with van der Waals surface area (Å²) in [4.78, 5) is 48.4. The predicted molar refractivity (Wildman–Crippen MR) is 166 cm³/mol. The van der Waals surface area contributed by atoms with Crippen LogP contribution in [-0.2, 0) is 9.53 Å². The number of amidine groups is 1. The SMILES string of the molecule is COC(C)c1ccc(C)cc1N1C(=O)CSC1=NC(=O)Nc1ccc(-c2ncn(-c3ccc(OC(F)(F)F)cc3)n2)cc1C(C)=O. The Morgan fingerprint density at radius 3 is 2.50 bits per heavy atom. The summed E-state index contributed by atoms with van der Waals surface area (Å²) in [7, 11) is 1.57. The standard InChI is InChI=1S/C31H27F3N6O5S/c1-17-5-11-23(19(3)44-4)26(13-17)40-27(42)15-46-30(40)37-29(43)36-25-12-6-20(14-24(25)18(2)41)28-35-16-39(38-28)21-7-9-22(10-8-21)45-31(32,33)34/h5-14,16,19H,15H2,1-4H3,(H,36,43). The molecule has 1 fully saturated rings. The zero-order valence-electron chi connectivity index (χ0n) is 25.0. The summed E-state index contributed by atoms with van der Waals surface area (Å²) in [6, 6.07) is 14.5. The van der Waals surface area contributed by atoms with Crippen LogP contribution in [0.3, 0.4) is 0 Å². The number of aryl methyl sites for hydroxylation is 1. The number of aromatic nitrogens is 3. The molecule has 2 heterocycles. The number of Topliss-reactive ketones (excluding diaryl/α,β-unsaturated/α-hetero) is 1. The molecular weight excluding hydrogens is 625 g/mol. The van der Waals surface area contributed by atoms with E-state index in [4.69, 9.17) is 4.74 Å². The van der Waals surface area contributed by atoms with Gasteiger partial charge < -0.3 is 14.8 Å². The number of ketones is 1. The van der Waals surface area contributed by atoms with Gasteiger partial charge in [-0.05, 0) is 74.9 Å². The minimum absolute atomic E-state index is 0.0966. The van der Waals surface area contributed by atoms with Crippen molar-refractivity contribution in [1.82, 2.24) is 14.8 Å². The first-order chi connectivity index (χ1) is 21.8. The molecular formula is C31H27F3N6O5S. The molecule has 0 radical (unpaired) electrons. The van der Waals surface area contributed by atoms with Crippen molar-refractivity contribution in [2.45, 2.75) is 33.2 Å². The Morgan fingerprint density at radius 1 is 1.09 bits per heavy atom. The fourth-order valence-electron chi connectivity index (χ4n) is 4.63. The largest absolute Gasteiger partial charge is 0.573 e. The lowest BCUT2D eigenvalue weighted by Crippen LogP contribution is -2.31. The van der Waals surface area contributed by atoms with Crippen molar-refractivity contribution in [3.63, 3.8) is 0 Å². The number of nitrogens with one attached hydrogen (secondary N) is 1. The fourth-order valence-corrected chi connectivity index (χ4v) is 5.49. The minimum atomic E-state index is -4.81. The second-order valence-electron chi connectivity index (χ2n) is 10.2. The van der Waals surface area contributed by atoms with Crippen LogP contribution in [0.4, 0.5) is 29.3 Å². The van der Waals surface area contributed by atoms with E-state index in [1.165, 1.54) is 47.1 Å². The van der Waals surface area contributed by atoms with Crippen molar-refractivity contribution >= 4 is 46.0 Å². The number of ether oxygens (including phenoxy) is 2. The highest BCUT2D eigenvalue weighted by molar-refractivity contribution is 8.15. The van der Waals surface area contributed by atoms with E-state index in [0.717, 1.165) is 35.0 Å². The lowest BCUT2D eigenvalue weighted by atomic mass is 10.0. The number of carbonyl (C=O) groups is 3. The molecule has 3 amide bonds. The first-order valence-corrected chi connectivity index (χ1v) is 14.7. The lowest BCUT2D eigenvalue weighted by Gasteiger charge is -2.23. The van der Waals surface area contributed by atoms with Gasteiger partial charge in [0, 0.05) is 23.8 Å². The predicted octanol–water partition coefficient (Wildman–Crippen LogP) is 6.72. The molecule has 1 saturated heterocycles. The molecule has 0 aliphatic carbocycles. The smallest absolute Gasteiger partial charge is 0.406 e. The molecule has 1 N–H and O–H groups in total. The molecule has 11 nitrogen and oxygen atoms in total. The van der Waals surface area contributed by atoms with Gasteiger partial charge in [-0.2, -0.15) is 4.99 Å². The van der Waals surface area contributed by atoms with Crippen LogP contribution in [0, 0.1) is 6.92 Å². The highest BCUT2D eigenvalue weighted by Gasteiger charge is 2.33. The van der Waals surface area contributed by atoms with Gasteiger partial charge in [0.15, 0.2) is 16.8 Å². The Hall–Kier alpha value is -5.02. The van der Waals surface area contributed by atoms with Gasteiger partial charge in [-0.25, -0.2) is 14.5 Å². The summed E-state index contributed by atoms with van der Waals surface area (Å²) in [6.07, 6.45) is -3.76. The van der Waals surface area contributed by atoms with Gasteiger partial charge in [-0.3, -0.25) is 14.5 Å². The quantitative estimate of drug-likeness (QED) is 0.208. The van der Waals surface area contributed by atoms with E-state index in [9.17, 15) is 27.6 Å². The number of benzene rings is 3. The molecule has 3 aromatic carbocycles.